The molecule has 0 N–H and O–H groups in total. The SMILES string of the molecule is CC1CS(=O)(=O)CCN1S(=O)(=O)CCCl. The van der Waals surface area contributed by atoms with Crippen molar-refractivity contribution in [3.05, 3.63) is 0 Å². The number of rotatable bonds is 3. The molecule has 1 rings (SSSR count). The number of sulfone groups is 1. The van der Waals surface area contributed by atoms with Gasteiger partial charge in [0.2, 0.25) is 10.0 Å². The summed E-state index contributed by atoms with van der Waals surface area (Å²) < 4.78 is 47.0. The van der Waals surface area contributed by atoms with Gasteiger partial charge < -0.3 is 0 Å². The minimum Gasteiger partial charge on any atom is -0.229 e. The molecule has 15 heavy (non-hydrogen) atoms. The molecule has 1 unspecified atom stereocenters. The van der Waals surface area contributed by atoms with Crippen molar-refractivity contribution in [2.45, 2.75) is 13.0 Å². The van der Waals surface area contributed by atoms with Gasteiger partial charge in [0, 0.05) is 18.5 Å². The highest BCUT2D eigenvalue weighted by molar-refractivity contribution is 7.92. The Bertz CT molecular complexity index is 416. The van der Waals surface area contributed by atoms with Gasteiger partial charge in [-0.1, -0.05) is 0 Å². The lowest BCUT2D eigenvalue weighted by Crippen LogP contribution is -2.50. The van der Waals surface area contributed by atoms with Crippen LogP contribution in [0.5, 0.6) is 0 Å². The first kappa shape index (κ1) is 13.2. The van der Waals surface area contributed by atoms with E-state index in [-0.39, 0.29) is 29.7 Å². The van der Waals surface area contributed by atoms with Crippen molar-refractivity contribution < 1.29 is 16.8 Å². The Hall–Kier alpha value is 0.150. The van der Waals surface area contributed by atoms with E-state index in [1.54, 1.807) is 6.92 Å². The molecule has 8 heteroatoms. The van der Waals surface area contributed by atoms with Gasteiger partial charge >= 0.3 is 0 Å². The molecule has 90 valence electrons. The molecular weight excluding hydrogens is 262 g/mol. The van der Waals surface area contributed by atoms with Gasteiger partial charge in [0.05, 0.1) is 17.3 Å². The molecule has 0 aromatic carbocycles. The molecule has 0 aromatic rings. The van der Waals surface area contributed by atoms with Gasteiger partial charge in [-0.25, -0.2) is 16.8 Å². The number of alkyl halides is 1. The molecule has 1 atom stereocenters. The standard InChI is InChI=1S/C7H14ClNO4S2/c1-7-6-14(10,11)5-3-9(7)15(12,13)4-2-8/h7H,2-6H2,1H3. The van der Waals surface area contributed by atoms with Crippen LogP contribution in [-0.2, 0) is 19.9 Å². The van der Waals surface area contributed by atoms with E-state index in [1.165, 1.54) is 4.31 Å². The molecule has 0 aromatic heterocycles. The van der Waals surface area contributed by atoms with Crippen molar-refractivity contribution in [2.24, 2.45) is 0 Å². The molecule has 0 saturated carbocycles. The maximum atomic E-state index is 11.7. The zero-order valence-corrected chi connectivity index (χ0v) is 10.8. The van der Waals surface area contributed by atoms with Gasteiger partial charge in [-0.05, 0) is 6.92 Å². The summed E-state index contributed by atoms with van der Waals surface area (Å²) in [7, 11) is -6.48. The quantitative estimate of drug-likeness (QED) is 0.662. The summed E-state index contributed by atoms with van der Waals surface area (Å²) in [6.07, 6.45) is 0. The maximum absolute atomic E-state index is 11.7. The highest BCUT2D eigenvalue weighted by Gasteiger charge is 2.34. The Morgan fingerprint density at radius 2 is 2.07 bits per heavy atom. The fourth-order valence-electron chi connectivity index (χ4n) is 1.61. The molecular formula is C7H14ClNO4S2. The fourth-order valence-corrected chi connectivity index (χ4v) is 5.38. The molecule has 1 aliphatic rings. The summed E-state index contributed by atoms with van der Waals surface area (Å²) in [5, 5.41) is 0. The normalized spacial score (nSPS) is 27.7. The van der Waals surface area contributed by atoms with Crippen LogP contribution in [-0.4, -0.2) is 56.9 Å². The van der Waals surface area contributed by atoms with Gasteiger partial charge in [0.1, 0.15) is 0 Å². The monoisotopic (exact) mass is 275 g/mol. The first-order chi connectivity index (χ1) is 6.78. The van der Waals surface area contributed by atoms with E-state index in [4.69, 9.17) is 11.6 Å². The van der Waals surface area contributed by atoms with Crippen molar-refractivity contribution >= 4 is 31.5 Å². The van der Waals surface area contributed by atoms with Gasteiger partial charge in [-0.2, -0.15) is 4.31 Å². The molecule has 0 aliphatic carbocycles. The maximum Gasteiger partial charge on any atom is 0.215 e. The largest absolute Gasteiger partial charge is 0.229 e. The predicted molar refractivity (Wildman–Crippen MR) is 59.3 cm³/mol. The van der Waals surface area contributed by atoms with Gasteiger partial charge in [-0.3, -0.25) is 0 Å². The van der Waals surface area contributed by atoms with E-state index in [9.17, 15) is 16.8 Å². The van der Waals surface area contributed by atoms with Crippen molar-refractivity contribution in [1.82, 2.24) is 4.31 Å². The average Bonchev–Trinajstić information content (AvgIpc) is 2.00. The Balaban J connectivity index is 2.83. The van der Waals surface area contributed by atoms with E-state index < -0.39 is 25.9 Å². The highest BCUT2D eigenvalue weighted by Crippen LogP contribution is 2.16. The van der Waals surface area contributed by atoms with Crippen molar-refractivity contribution in [1.29, 1.82) is 0 Å². The molecule has 1 saturated heterocycles. The van der Waals surface area contributed by atoms with Gasteiger partial charge in [0.25, 0.3) is 0 Å². The first-order valence-corrected chi connectivity index (χ1v) is 8.51. The third kappa shape index (κ3) is 3.30. The van der Waals surface area contributed by atoms with Crippen molar-refractivity contribution in [3.63, 3.8) is 0 Å². The molecule has 5 nitrogen and oxygen atoms in total. The van der Waals surface area contributed by atoms with Gasteiger partial charge in [-0.15, -0.1) is 11.6 Å². The van der Waals surface area contributed by atoms with Crippen LogP contribution in [0, 0.1) is 0 Å². The third-order valence-corrected chi connectivity index (χ3v) is 6.49. The van der Waals surface area contributed by atoms with Crippen LogP contribution in [0.4, 0.5) is 0 Å². The van der Waals surface area contributed by atoms with E-state index in [2.05, 4.69) is 0 Å². The summed E-state index contributed by atoms with van der Waals surface area (Å²) in [6.45, 7) is 1.64. The zero-order valence-electron chi connectivity index (χ0n) is 8.39. The number of halogens is 1. The number of hydrogen-bond donors (Lipinski definition) is 0. The van der Waals surface area contributed by atoms with Crippen LogP contribution < -0.4 is 0 Å². The smallest absolute Gasteiger partial charge is 0.215 e. The Labute approximate surface area is 95.4 Å². The lowest BCUT2D eigenvalue weighted by atomic mass is 10.4. The Morgan fingerprint density at radius 1 is 1.47 bits per heavy atom. The van der Waals surface area contributed by atoms with E-state index >= 15 is 0 Å². The lowest BCUT2D eigenvalue weighted by molar-refractivity contribution is 0.357. The minimum atomic E-state index is -3.40. The Morgan fingerprint density at radius 3 is 2.53 bits per heavy atom. The average molecular weight is 276 g/mol. The van der Waals surface area contributed by atoms with Gasteiger partial charge in [0.15, 0.2) is 9.84 Å². The van der Waals surface area contributed by atoms with Crippen LogP contribution in [0.2, 0.25) is 0 Å². The van der Waals surface area contributed by atoms with E-state index in [0.717, 1.165) is 0 Å². The van der Waals surface area contributed by atoms with Crippen molar-refractivity contribution in [3.8, 4) is 0 Å². The fraction of sp³-hybridized carbons (Fsp3) is 1.00. The van der Waals surface area contributed by atoms with Crippen LogP contribution in [0.3, 0.4) is 0 Å². The van der Waals surface area contributed by atoms with Crippen molar-refractivity contribution in [2.75, 3.05) is 29.7 Å². The summed E-state index contributed by atoms with van der Waals surface area (Å²) in [5.41, 5.74) is 0. The molecule has 1 aliphatic heterocycles. The highest BCUT2D eigenvalue weighted by atomic mass is 35.5. The minimum absolute atomic E-state index is 0.0261. The second-order valence-corrected chi connectivity index (χ2v) is 8.23. The van der Waals surface area contributed by atoms with E-state index in [0.29, 0.717) is 0 Å². The molecule has 0 spiro atoms. The van der Waals surface area contributed by atoms with Crippen LogP contribution in [0.25, 0.3) is 0 Å². The predicted octanol–water partition coefficient (Wildman–Crippen LogP) is -0.326. The second kappa shape index (κ2) is 4.57. The molecule has 1 fully saturated rings. The Kier molecular flexibility index (Phi) is 4.02. The molecule has 0 amide bonds. The molecule has 0 radical (unpaired) electrons. The molecule has 1 heterocycles. The third-order valence-electron chi connectivity index (χ3n) is 2.30. The number of sulfonamides is 1. The number of nitrogens with zero attached hydrogens (tertiary/aromatic N) is 1. The van der Waals surface area contributed by atoms with Crippen LogP contribution in [0.1, 0.15) is 6.92 Å². The summed E-state index contributed by atoms with van der Waals surface area (Å²) in [5.74, 6) is -0.315. The van der Waals surface area contributed by atoms with Crippen LogP contribution in [0.15, 0.2) is 0 Å². The summed E-state index contributed by atoms with van der Waals surface area (Å²) >= 11 is 5.38. The summed E-state index contributed by atoms with van der Waals surface area (Å²) in [4.78, 5) is 0. The summed E-state index contributed by atoms with van der Waals surface area (Å²) in [6, 6.07) is -0.489. The molecule has 0 bridgehead atoms. The lowest BCUT2D eigenvalue weighted by Gasteiger charge is -2.31. The first-order valence-electron chi connectivity index (χ1n) is 4.54. The zero-order chi connectivity index (χ0) is 11.7. The van der Waals surface area contributed by atoms with Crippen LogP contribution >= 0.6 is 11.6 Å². The number of hydrogen-bond acceptors (Lipinski definition) is 4. The second-order valence-electron chi connectivity index (χ2n) is 3.58. The van der Waals surface area contributed by atoms with E-state index in [1.807, 2.05) is 0 Å². The topological polar surface area (TPSA) is 71.5 Å².